The van der Waals surface area contributed by atoms with Crippen molar-refractivity contribution in [3.8, 4) is 0 Å². The van der Waals surface area contributed by atoms with E-state index in [4.69, 9.17) is 4.43 Å². The Bertz CT molecular complexity index is 1240. The van der Waals surface area contributed by atoms with Crippen molar-refractivity contribution in [2.24, 2.45) is 23.2 Å². The van der Waals surface area contributed by atoms with E-state index in [1.54, 1.807) is 5.57 Å². The minimum Gasteiger partial charge on any atom is -0.403 e. The number of allylic oxidation sites excluding steroid dienone is 1. The molecule has 0 aromatic heterocycles. The summed E-state index contributed by atoms with van der Waals surface area (Å²) in [6, 6.07) is 15.5. The van der Waals surface area contributed by atoms with Crippen molar-refractivity contribution in [1.29, 1.82) is 0 Å². The van der Waals surface area contributed by atoms with Crippen molar-refractivity contribution < 1.29 is 9.22 Å². The average Bonchev–Trinajstić information content (AvgIpc) is 3.34. The fraction of sp³-hybridized carbons (Fsp3) is 0.618. The molecular formula is C34H48BrNO2Si. The average molecular weight is 611 g/mol. The number of carbonyl (C=O) groups excluding carboxylic acids is 1. The standard InChI is InChI=1S/C34H48BrNO2Si/c1-24(30-15-16-31-28(23-35)12-9-18-33(30,31)2)20-29-22-34(3,38-39(4,5)6)32(37)36(29)19-17-25-13-14-26-10-7-8-11-27(26)21-25/h7-8,10-11,13-14,21,23-24,29-31H,9,12,15-20,22H2,1-6H3/t24-,29?,30-,31+,33-,34?/m1/s1. The van der Waals surface area contributed by atoms with Gasteiger partial charge in [0.15, 0.2) is 8.32 Å². The van der Waals surface area contributed by atoms with Gasteiger partial charge in [-0.25, -0.2) is 0 Å². The van der Waals surface area contributed by atoms with Gasteiger partial charge in [-0.3, -0.25) is 4.79 Å². The second-order valence-corrected chi connectivity index (χ2v) is 19.1. The first kappa shape index (κ1) is 29.1. The third kappa shape index (κ3) is 5.83. The van der Waals surface area contributed by atoms with Gasteiger partial charge in [-0.1, -0.05) is 77.8 Å². The molecule has 0 radical (unpaired) electrons. The maximum absolute atomic E-state index is 14.0. The maximum atomic E-state index is 14.0. The van der Waals surface area contributed by atoms with Crippen LogP contribution < -0.4 is 0 Å². The van der Waals surface area contributed by atoms with Gasteiger partial charge < -0.3 is 9.33 Å². The second-order valence-electron chi connectivity index (χ2n) is 14.2. The number of likely N-dealkylation sites (tertiary alicyclic amines) is 1. The van der Waals surface area contributed by atoms with Crippen LogP contribution in [0.5, 0.6) is 0 Å². The minimum atomic E-state index is -1.88. The first-order valence-electron chi connectivity index (χ1n) is 15.2. The number of amides is 1. The summed E-state index contributed by atoms with van der Waals surface area (Å²) in [5.74, 6) is 2.23. The molecule has 3 aliphatic rings. The fourth-order valence-corrected chi connectivity index (χ4v) is 10.8. The molecule has 2 aromatic carbocycles. The number of benzene rings is 2. The van der Waals surface area contributed by atoms with E-state index in [1.807, 2.05) is 0 Å². The number of carbonyl (C=O) groups is 1. The van der Waals surface area contributed by atoms with Gasteiger partial charge in [-0.2, -0.15) is 0 Å². The van der Waals surface area contributed by atoms with E-state index in [0.29, 0.717) is 23.2 Å². The molecule has 0 N–H and O–H groups in total. The van der Waals surface area contributed by atoms with Gasteiger partial charge >= 0.3 is 0 Å². The van der Waals surface area contributed by atoms with Crippen LogP contribution in [-0.2, 0) is 15.6 Å². The molecule has 39 heavy (non-hydrogen) atoms. The molecule has 2 aliphatic carbocycles. The second kappa shape index (κ2) is 11.1. The molecule has 1 saturated heterocycles. The number of hydrogen-bond acceptors (Lipinski definition) is 2. The van der Waals surface area contributed by atoms with Gasteiger partial charge in [0.25, 0.3) is 5.91 Å². The molecule has 5 rings (SSSR count). The summed E-state index contributed by atoms with van der Waals surface area (Å²) in [5.41, 5.74) is 2.61. The van der Waals surface area contributed by atoms with Crippen molar-refractivity contribution in [1.82, 2.24) is 4.90 Å². The lowest BCUT2D eigenvalue weighted by atomic mass is 9.61. The first-order valence-corrected chi connectivity index (χ1v) is 19.5. The van der Waals surface area contributed by atoms with Gasteiger partial charge in [0.05, 0.1) is 0 Å². The minimum absolute atomic E-state index is 0.209. The fourth-order valence-electron chi connectivity index (χ4n) is 8.76. The smallest absolute Gasteiger partial charge is 0.253 e. The van der Waals surface area contributed by atoms with Crippen molar-refractivity contribution in [2.45, 2.75) is 103 Å². The Balaban J connectivity index is 1.35. The van der Waals surface area contributed by atoms with Crippen LogP contribution in [-0.4, -0.2) is 37.3 Å². The van der Waals surface area contributed by atoms with Crippen molar-refractivity contribution in [2.75, 3.05) is 6.54 Å². The quantitative estimate of drug-likeness (QED) is 0.279. The molecule has 1 aliphatic heterocycles. The Kier molecular flexibility index (Phi) is 8.27. The molecular weight excluding hydrogens is 562 g/mol. The highest BCUT2D eigenvalue weighted by atomic mass is 79.9. The summed E-state index contributed by atoms with van der Waals surface area (Å²) in [7, 11) is -1.88. The van der Waals surface area contributed by atoms with E-state index < -0.39 is 13.9 Å². The van der Waals surface area contributed by atoms with Crippen LogP contribution in [0.3, 0.4) is 0 Å². The predicted molar refractivity (Wildman–Crippen MR) is 170 cm³/mol. The molecule has 6 atom stereocenters. The van der Waals surface area contributed by atoms with E-state index >= 15 is 0 Å². The van der Waals surface area contributed by atoms with Gasteiger partial charge in [0.2, 0.25) is 0 Å². The normalized spacial score (nSPS) is 33.2. The molecule has 1 heterocycles. The van der Waals surface area contributed by atoms with E-state index in [-0.39, 0.29) is 11.9 Å². The Morgan fingerprint density at radius 1 is 1.13 bits per heavy atom. The molecule has 0 spiro atoms. The number of nitrogens with zero attached hydrogens (tertiary/aromatic N) is 1. The summed E-state index contributed by atoms with van der Waals surface area (Å²) in [5, 5.41) is 2.54. The molecule has 3 fully saturated rings. The van der Waals surface area contributed by atoms with Crippen LogP contribution in [0.15, 0.2) is 53.0 Å². The molecule has 1 amide bonds. The number of halogens is 1. The first-order chi connectivity index (χ1) is 18.4. The van der Waals surface area contributed by atoms with Gasteiger partial charge in [-0.05, 0) is 116 Å². The Morgan fingerprint density at radius 3 is 2.59 bits per heavy atom. The van der Waals surface area contributed by atoms with Crippen molar-refractivity contribution >= 4 is 40.9 Å². The van der Waals surface area contributed by atoms with Gasteiger partial charge in [-0.15, -0.1) is 0 Å². The number of hydrogen-bond donors (Lipinski definition) is 0. The lowest BCUT2D eigenvalue weighted by molar-refractivity contribution is -0.140. The predicted octanol–water partition coefficient (Wildman–Crippen LogP) is 9.11. The van der Waals surface area contributed by atoms with Crippen LogP contribution in [0.2, 0.25) is 19.6 Å². The summed E-state index contributed by atoms with van der Waals surface area (Å²) in [6.45, 7) is 14.5. The van der Waals surface area contributed by atoms with Crippen LogP contribution in [0, 0.1) is 23.2 Å². The zero-order valence-corrected chi connectivity index (χ0v) is 27.5. The third-order valence-electron chi connectivity index (χ3n) is 10.3. The van der Waals surface area contributed by atoms with Crippen LogP contribution in [0.1, 0.15) is 71.3 Å². The van der Waals surface area contributed by atoms with Crippen molar-refractivity contribution in [3.05, 3.63) is 58.6 Å². The molecule has 212 valence electrons. The molecule has 0 bridgehead atoms. The zero-order valence-electron chi connectivity index (χ0n) is 24.9. The summed E-state index contributed by atoms with van der Waals surface area (Å²) in [4.78, 5) is 18.5. The highest BCUT2D eigenvalue weighted by Gasteiger charge is 2.54. The number of rotatable bonds is 8. The van der Waals surface area contributed by atoms with Gasteiger partial charge in [0.1, 0.15) is 5.60 Å². The Labute approximate surface area is 246 Å². The maximum Gasteiger partial charge on any atom is 0.253 e. The molecule has 2 unspecified atom stereocenters. The Morgan fingerprint density at radius 2 is 1.87 bits per heavy atom. The topological polar surface area (TPSA) is 29.5 Å². The van der Waals surface area contributed by atoms with E-state index in [2.05, 4.69) is 109 Å². The van der Waals surface area contributed by atoms with Crippen LogP contribution >= 0.6 is 15.9 Å². The lowest BCUT2D eigenvalue weighted by Crippen LogP contribution is -2.47. The number of fused-ring (bicyclic) bond motifs is 2. The van der Waals surface area contributed by atoms with E-state index in [1.165, 1.54) is 48.4 Å². The zero-order chi connectivity index (χ0) is 28.0. The van der Waals surface area contributed by atoms with E-state index in [9.17, 15) is 4.79 Å². The van der Waals surface area contributed by atoms with Crippen molar-refractivity contribution in [3.63, 3.8) is 0 Å². The Hall–Kier alpha value is -1.43. The lowest BCUT2D eigenvalue weighted by Gasteiger charge is -2.45. The van der Waals surface area contributed by atoms with Gasteiger partial charge in [0, 0.05) is 19.0 Å². The highest BCUT2D eigenvalue weighted by molar-refractivity contribution is 9.11. The SMILES string of the molecule is C[C@H](CC1CC(C)(O[Si](C)(C)C)C(=O)N1CCc1ccc2ccccc2c1)[C@H]1CC[C@H]2C(=CBr)CCC[C@]12C. The highest BCUT2D eigenvalue weighted by Crippen LogP contribution is 2.60. The summed E-state index contributed by atoms with van der Waals surface area (Å²) < 4.78 is 6.64. The molecule has 5 heteroatoms. The van der Waals surface area contributed by atoms with Crippen LogP contribution in [0.25, 0.3) is 10.8 Å². The summed E-state index contributed by atoms with van der Waals surface area (Å²) in [6.07, 6.45) is 9.29. The third-order valence-corrected chi connectivity index (χ3v) is 11.9. The van der Waals surface area contributed by atoms with Crippen LogP contribution in [0.4, 0.5) is 0 Å². The molecule has 2 saturated carbocycles. The monoisotopic (exact) mass is 609 g/mol. The molecule has 2 aromatic rings. The summed E-state index contributed by atoms with van der Waals surface area (Å²) >= 11 is 3.68. The molecule has 3 nitrogen and oxygen atoms in total. The largest absolute Gasteiger partial charge is 0.403 e. The van der Waals surface area contributed by atoms with E-state index in [0.717, 1.165) is 25.8 Å².